The first-order valence-electron chi connectivity index (χ1n) is 8.69. The normalized spacial score (nSPS) is 17.9. The highest BCUT2D eigenvalue weighted by atomic mass is 16.4. The molecule has 1 saturated heterocycles. The highest BCUT2D eigenvalue weighted by Crippen LogP contribution is 2.22. The predicted molar refractivity (Wildman–Crippen MR) is 92.6 cm³/mol. The Balaban J connectivity index is 2.98. The number of hydrogen-bond acceptors (Lipinski definition) is 7. The average Bonchev–Trinajstić information content (AvgIpc) is 2.69. The van der Waals surface area contributed by atoms with E-state index >= 15 is 0 Å². The topological polar surface area (TPSA) is 168 Å². The summed E-state index contributed by atoms with van der Waals surface area (Å²) in [5, 5.41) is 39.0. The lowest BCUT2D eigenvalue weighted by molar-refractivity contribution is -0.139. The first-order chi connectivity index (χ1) is 12.6. The molecule has 0 unspecified atom stereocenters. The Morgan fingerprint density at radius 2 is 1.30 bits per heavy atom. The van der Waals surface area contributed by atoms with Gasteiger partial charge in [0, 0.05) is 38.1 Å². The molecule has 0 saturated carbocycles. The van der Waals surface area contributed by atoms with Crippen molar-refractivity contribution in [3.05, 3.63) is 0 Å². The van der Waals surface area contributed by atoms with Crippen molar-refractivity contribution in [1.29, 1.82) is 0 Å². The van der Waals surface area contributed by atoms with Crippen LogP contribution in [0.2, 0.25) is 0 Å². The maximum Gasteiger partial charge on any atom is 0.317 e. The maximum absolute atomic E-state index is 11.1. The monoisotopic (exact) mass is 389 g/mol. The zero-order valence-corrected chi connectivity index (χ0v) is 15.1. The first kappa shape index (κ1) is 22.8. The number of carboxylic acids is 4. The molecule has 1 aliphatic rings. The van der Waals surface area contributed by atoms with E-state index in [0.29, 0.717) is 32.4 Å². The van der Waals surface area contributed by atoms with Gasteiger partial charge >= 0.3 is 23.9 Å². The lowest BCUT2D eigenvalue weighted by Gasteiger charge is -2.38. The van der Waals surface area contributed by atoms with Gasteiger partial charge in [0.1, 0.15) is 0 Å². The molecule has 27 heavy (non-hydrogen) atoms. The van der Waals surface area contributed by atoms with E-state index in [0.717, 1.165) is 0 Å². The van der Waals surface area contributed by atoms with E-state index in [2.05, 4.69) is 5.32 Å². The second-order valence-corrected chi connectivity index (χ2v) is 6.84. The molecule has 5 N–H and O–H groups in total. The highest BCUT2D eigenvalue weighted by molar-refractivity contribution is 5.70. The molecule has 11 nitrogen and oxygen atoms in total. The average molecular weight is 389 g/mol. The largest absolute Gasteiger partial charge is 0.481 e. The van der Waals surface area contributed by atoms with E-state index < -0.39 is 29.4 Å². The van der Waals surface area contributed by atoms with Gasteiger partial charge in [0.2, 0.25) is 0 Å². The van der Waals surface area contributed by atoms with Gasteiger partial charge in [0.05, 0.1) is 19.6 Å². The fourth-order valence-electron chi connectivity index (χ4n) is 3.36. The van der Waals surface area contributed by atoms with E-state index in [9.17, 15) is 19.2 Å². The summed E-state index contributed by atoms with van der Waals surface area (Å²) in [4.78, 5) is 47.3. The van der Waals surface area contributed by atoms with E-state index in [1.807, 2.05) is 0 Å². The molecule has 0 spiro atoms. The van der Waals surface area contributed by atoms with E-state index in [-0.39, 0.29) is 39.1 Å². The van der Waals surface area contributed by atoms with Gasteiger partial charge in [-0.1, -0.05) is 6.42 Å². The summed E-state index contributed by atoms with van der Waals surface area (Å²) in [5.74, 6) is -4.07. The number of unbranched alkanes of at least 4 members (excludes halogenated alkanes) is 1. The summed E-state index contributed by atoms with van der Waals surface area (Å²) in [5.41, 5.74) is -0.849. The molecular formula is C16H27N3O8. The minimum absolute atomic E-state index is 0.0211. The molecule has 1 heterocycles. The number of nitrogens with zero attached hydrogens (tertiary/aromatic N) is 2. The van der Waals surface area contributed by atoms with Crippen molar-refractivity contribution in [2.45, 2.75) is 31.2 Å². The summed E-state index contributed by atoms with van der Waals surface area (Å²) in [6.45, 7) is 0.293. The van der Waals surface area contributed by atoms with Crippen LogP contribution in [0.5, 0.6) is 0 Å². The zero-order chi connectivity index (χ0) is 20.4. The van der Waals surface area contributed by atoms with Crippen molar-refractivity contribution < 1.29 is 39.6 Å². The van der Waals surface area contributed by atoms with Crippen LogP contribution in [-0.2, 0) is 19.2 Å². The van der Waals surface area contributed by atoms with Gasteiger partial charge in [0.15, 0.2) is 0 Å². The van der Waals surface area contributed by atoms with Crippen molar-refractivity contribution >= 4 is 23.9 Å². The molecule has 1 fully saturated rings. The molecule has 154 valence electrons. The highest BCUT2D eigenvalue weighted by Gasteiger charge is 2.37. The van der Waals surface area contributed by atoms with Gasteiger partial charge in [-0.3, -0.25) is 34.3 Å². The standard InChI is InChI=1S/C16H27N3O8/c20-12(21)3-1-2-4-16(17-7-13(22)23)10-18(8-14(24)25)5-6-19(11-16)9-15(26)27/h17H,1-11H2,(H,20,21)(H,22,23)(H,24,25)(H,26,27). The lowest BCUT2D eigenvalue weighted by atomic mass is 9.90. The minimum Gasteiger partial charge on any atom is -0.481 e. The number of carbonyl (C=O) groups is 4. The summed E-state index contributed by atoms with van der Waals surface area (Å²) >= 11 is 0. The summed E-state index contributed by atoms with van der Waals surface area (Å²) in [6.07, 6.45) is 1.26. The molecule has 0 radical (unpaired) electrons. The number of aliphatic carboxylic acids is 4. The van der Waals surface area contributed by atoms with Crippen LogP contribution in [0.25, 0.3) is 0 Å². The van der Waals surface area contributed by atoms with Gasteiger partial charge in [-0.05, 0) is 12.8 Å². The molecule has 11 heteroatoms. The molecule has 0 atom stereocenters. The quantitative estimate of drug-likeness (QED) is 0.255. The second-order valence-electron chi connectivity index (χ2n) is 6.84. The van der Waals surface area contributed by atoms with Gasteiger partial charge < -0.3 is 20.4 Å². The summed E-state index contributed by atoms with van der Waals surface area (Å²) in [6, 6.07) is 0. The third kappa shape index (κ3) is 9.31. The first-order valence-corrected chi connectivity index (χ1v) is 8.69. The van der Waals surface area contributed by atoms with Crippen molar-refractivity contribution in [3.8, 4) is 0 Å². The van der Waals surface area contributed by atoms with Crippen LogP contribution in [0.4, 0.5) is 0 Å². The van der Waals surface area contributed by atoms with Crippen molar-refractivity contribution in [3.63, 3.8) is 0 Å². The van der Waals surface area contributed by atoms with Crippen molar-refractivity contribution in [2.24, 2.45) is 0 Å². The summed E-state index contributed by atoms with van der Waals surface area (Å²) < 4.78 is 0. The van der Waals surface area contributed by atoms with Gasteiger partial charge in [-0.25, -0.2) is 0 Å². The Kier molecular flexibility index (Phi) is 9.12. The minimum atomic E-state index is -1.08. The molecule has 0 aromatic rings. The molecular weight excluding hydrogens is 362 g/mol. The SMILES string of the molecule is O=C(O)CCCCC1(NCC(=O)O)CN(CC(=O)O)CCN(CC(=O)O)C1. The molecule has 0 bridgehead atoms. The van der Waals surface area contributed by atoms with Crippen LogP contribution >= 0.6 is 0 Å². The smallest absolute Gasteiger partial charge is 0.317 e. The Hall–Kier alpha value is -2.24. The zero-order valence-electron chi connectivity index (χ0n) is 15.1. The van der Waals surface area contributed by atoms with Gasteiger partial charge in [-0.15, -0.1) is 0 Å². The van der Waals surface area contributed by atoms with Crippen LogP contribution < -0.4 is 5.32 Å². The molecule has 1 rings (SSSR count). The van der Waals surface area contributed by atoms with Crippen LogP contribution in [0.3, 0.4) is 0 Å². The summed E-state index contributed by atoms with van der Waals surface area (Å²) in [7, 11) is 0. The number of rotatable bonds is 12. The Morgan fingerprint density at radius 3 is 1.70 bits per heavy atom. The molecule has 0 aromatic carbocycles. The molecule has 0 aliphatic carbocycles. The van der Waals surface area contributed by atoms with E-state index in [1.54, 1.807) is 9.80 Å². The maximum atomic E-state index is 11.1. The second kappa shape index (κ2) is 10.8. The van der Waals surface area contributed by atoms with Crippen LogP contribution in [0.15, 0.2) is 0 Å². The molecule has 0 amide bonds. The van der Waals surface area contributed by atoms with Crippen LogP contribution in [-0.4, -0.2) is 105 Å². The lowest BCUT2D eigenvalue weighted by Crippen LogP contribution is -2.59. The van der Waals surface area contributed by atoms with E-state index in [1.165, 1.54) is 0 Å². The van der Waals surface area contributed by atoms with Gasteiger partial charge in [0.25, 0.3) is 0 Å². The third-order valence-electron chi connectivity index (χ3n) is 4.41. The number of carboxylic acid groups (broad SMARTS) is 4. The number of nitrogens with one attached hydrogen (secondary N) is 1. The molecule has 1 aliphatic heterocycles. The Bertz CT molecular complexity index is 528. The van der Waals surface area contributed by atoms with Crippen LogP contribution in [0, 0.1) is 0 Å². The number of hydrogen-bond donors (Lipinski definition) is 5. The molecule has 0 aromatic heterocycles. The van der Waals surface area contributed by atoms with E-state index in [4.69, 9.17) is 20.4 Å². The van der Waals surface area contributed by atoms with Gasteiger partial charge in [-0.2, -0.15) is 0 Å². The fraction of sp³-hybridized carbons (Fsp3) is 0.750. The van der Waals surface area contributed by atoms with Crippen molar-refractivity contribution in [1.82, 2.24) is 15.1 Å². The Labute approximate surface area is 156 Å². The third-order valence-corrected chi connectivity index (χ3v) is 4.41. The van der Waals surface area contributed by atoms with Crippen LogP contribution in [0.1, 0.15) is 25.7 Å². The fourth-order valence-corrected chi connectivity index (χ4v) is 3.36. The van der Waals surface area contributed by atoms with Crippen molar-refractivity contribution in [2.75, 3.05) is 45.8 Å². The predicted octanol–water partition coefficient (Wildman–Crippen LogP) is -1.17. The Morgan fingerprint density at radius 1 is 0.778 bits per heavy atom.